The topological polar surface area (TPSA) is 28.0 Å². The van der Waals surface area contributed by atoms with Crippen LogP contribution in [-0.4, -0.2) is 35.7 Å². The van der Waals surface area contributed by atoms with Gasteiger partial charge in [-0.1, -0.05) is 103 Å². The van der Waals surface area contributed by atoms with Crippen LogP contribution >= 0.6 is 0 Å². The lowest BCUT2D eigenvalue weighted by molar-refractivity contribution is -0.212. The van der Waals surface area contributed by atoms with E-state index in [2.05, 4.69) is 17.1 Å². The Morgan fingerprint density at radius 1 is 0.667 bits per heavy atom. The van der Waals surface area contributed by atoms with Gasteiger partial charge in [-0.15, -0.1) is 10.1 Å². The van der Waals surface area contributed by atoms with Crippen LogP contribution in [0, 0.1) is 0 Å². The summed E-state index contributed by atoms with van der Waals surface area (Å²) in [5, 5.41) is 4.14. The van der Waals surface area contributed by atoms with Crippen molar-refractivity contribution >= 4 is 0 Å². The fraction of sp³-hybridized carbons (Fsp3) is 1.00. The summed E-state index contributed by atoms with van der Waals surface area (Å²) in [5.74, 6) is -0.188. The number of nitrogens with zero attached hydrogens (tertiary/aromatic N) is 2. The summed E-state index contributed by atoms with van der Waals surface area (Å²) in [7, 11) is 0. The van der Waals surface area contributed by atoms with Crippen molar-refractivity contribution in [3.05, 3.63) is 0 Å². The van der Waals surface area contributed by atoms with Crippen molar-refractivity contribution < 1.29 is 9.68 Å². The summed E-state index contributed by atoms with van der Waals surface area (Å²) in [4.78, 5) is 11.5. The maximum atomic E-state index is 5.76. The molecule has 2 saturated heterocycles. The molecule has 4 nitrogen and oxygen atoms in total. The van der Waals surface area contributed by atoms with E-state index < -0.39 is 0 Å². The van der Waals surface area contributed by atoms with Crippen molar-refractivity contribution in [2.75, 3.05) is 19.7 Å². The van der Waals surface area contributed by atoms with Gasteiger partial charge in [-0.3, -0.25) is 9.68 Å². The quantitative estimate of drug-likeness (QED) is 0.181. The number of hydrogen-bond donors (Lipinski definition) is 0. The number of fused-ring (bicyclic) bond motifs is 1. The Kier molecular flexibility index (Phi) is 11.9. The molecule has 0 aromatic rings. The second-order valence-corrected chi connectivity index (χ2v) is 8.51. The van der Waals surface area contributed by atoms with Crippen LogP contribution in [0.4, 0.5) is 0 Å². The number of hydroxylamine groups is 4. The van der Waals surface area contributed by atoms with Gasteiger partial charge < -0.3 is 0 Å². The number of unbranched alkanes of at least 4 members (excludes halogenated alkanes) is 15. The first-order valence-corrected chi connectivity index (χ1v) is 12.2. The van der Waals surface area contributed by atoms with Gasteiger partial charge in [-0.2, -0.15) is 0 Å². The summed E-state index contributed by atoms with van der Waals surface area (Å²) >= 11 is 0. The molecule has 2 atom stereocenters. The van der Waals surface area contributed by atoms with Gasteiger partial charge in [0.1, 0.15) is 0 Å². The van der Waals surface area contributed by atoms with Gasteiger partial charge in [0.05, 0.1) is 6.61 Å². The fourth-order valence-electron chi connectivity index (χ4n) is 4.42. The molecule has 2 rings (SSSR count). The lowest BCUT2D eigenvalue weighted by Crippen LogP contribution is -2.36. The Morgan fingerprint density at radius 2 is 1.15 bits per heavy atom. The highest BCUT2D eigenvalue weighted by molar-refractivity contribution is 4.90. The average molecular weight is 383 g/mol. The molecule has 4 heteroatoms. The molecule has 2 unspecified atom stereocenters. The predicted octanol–water partition coefficient (Wildman–Crippen LogP) is 6.81. The molecular formula is C23H46N2O2. The van der Waals surface area contributed by atoms with E-state index in [1.165, 1.54) is 103 Å². The van der Waals surface area contributed by atoms with Gasteiger partial charge in [0.25, 0.3) is 0 Å². The fourth-order valence-corrected chi connectivity index (χ4v) is 4.42. The first-order valence-electron chi connectivity index (χ1n) is 12.2. The Hall–Kier alpha value is -0.160. The van der Waals surface area contributed by atoms with E-state index in [4.69, 9.17) is 9.68 Å². The van der Waals surface area contributed by atoms with Gasteiger partial charge in [-0.05, 0) is 13.3 Å². The molecule has 160 valence electrons. The summed E-state index contributed by atoms with van der Waals surface area (Å²) in [6.07, 6.45) is 23.8. The highest BCUT2D eigenvalue weighted by Gasteiger charge is 2.64. The molecule has 27 heavy (non-hydrogen) atoms. The average Bonchev–Trinajstić information content (AvgIpc) is 3.29. The lowest BCUT2D eigenvalue weighted by atomic mass is 10.0. The Bertz CT molecular complexity index is 366. The molecule has 0 aromatic heterocycles. The van der Waals surface area contributed by atoms with Gasteiger partial charge in [0.15, 0.2) is 0 Å². The first kappa shape index (κ1) is 23.1. The standard InChI is InChI=1S/C23H46N2O2/c1-3-5-6-7-8-9-10-11-12-13-14-15-16-17-18-19-20-23-24(26-4-2)21-22-25(23)27-23/h3-22H2,1-2H3. The summed E-state index contributed by atoms with van der Waals surface area (Å²) in [6, 6.07) is 0. The van der Waals surface area contributed by atoms with Crippen LogP contribution in [0.3, 0.4) is 0 Å². The highest BCUT2D eigenvalue weighted by Crippen LogP contribution is 2.46. The van der Waals surface area contributed by atoms with Crippen LogP contribution in [0.5, 0.6) is 0 Å². The zero-order valence-corrected chi connectivity index (χ0v) is 18.4. The van der Waals surface area contributed by atoms with Crippen molar-refractivity contribution in [2.45, 2.75) is 129 Å². The predicted molar refractivity (Wildman–Crippen MR) is 113 cm³/mol. The third kappa shape index (κ3) is 8.39. The van der Waals surface area contributed by atoms with E-state index in [1.54, 1.807) is 0 Å². The molecule has 0 spiro atoms. The third-order valence-corrected chi connectivity index (χ3v) is 6.15. The van der Waals surface area contributed by atoms with Gasteiger partial charge in [0.2, 0.25) is 5.85 Å². The van der Waals surface area contributed by atoms with E-state index in [9.17, 15) is 0 Å². The Balaban J connectivity index is 1.29. The molecule has 0 saturated carbocycles. The van der Waals surface area contributed by atoms with Crippen molar-refractivity contribution in [3.63, 3.8) is 0 Å². The van der Waals surface area contributed by atoms with Crippen LogP contribution in [0.2, 0.25) is 0 Å². The van der Waals surface area contributed by atoms with Crippen LogP contribution in [0.15, 0.2) is 0 Å². The highest BCUT2D eigenvalue weighted by atomic mass is 16.9. The molecule has 0 aliphatic carbocycles. The monoisotopic (exact) mass is 382 g/mol. The zero-order valence-electron chi connectivity index (χ0n) is 18.4. The molecule has 2 aliphatic heterocycles. The molecule has 2 fully saturated rings. The third-order valence-electron chi connectivity index (χ3n) is 6.15. The minimum atomic E-state index is -0.188. The molecule has 0 bridgehead atoms. The van der Waals surface area contributed by atoms with Crippen molar-refractivity contribution in [1.82, 2.24) is 10.1 Å². The zero-order chi connectivity index (χ0) is 19.2. The second-order valence-electron chi connectivity index (χ2n) is 8.51. The van der Waals surface area contributed by atoms with Crippen LogP contribution < -0.4 is 0 Å². The normalized spacial score (nSPS) is 24.4. The maximum Gasteiger partial charge on any atom is 0.242 e. The molecule has 0 radical (unpaired) electrons. The van der Waals surface area contributed by atoms with E-state index >= 15 is 0 Å². The van der Waals surface area contributed by atoms with Crippen LogP contribution in [0.1, 0.15) is 123 Å². The molecule has 0 aromatic carbocycles. The molecule has 2 heterocycles. The first-order chi connectivity index (χ1) is 13.3. The summed E-state index contributed by atoms with van der Waals surface area (Å²) in [6.45, 7) is 7.04. The van der Waals surface area contributed by atoms with Crippen LogP contribution in [-0.2, 0) is 9.68 Å². The summed E-state index contributed by atoms with van der Waals surface area (Å²) < 4.78 is 0. The minimum absolute atomic E-state index is 0.188. The molecule has 0 N–H and O–H groups in total. The van der Waals surface area contributed by atoms with E-state index in [0.717, 1.165) is 26.1 Å². The maximum absolute atomic E-state index is 5.76. The molecular weight excluding hydrogens is 336 g/mol. The molecule has 2 aliphatic rings. The second kappa shape index (κ2) is 13.9. The number of rotatable bonds is 19. The van der Waals surface area contributed by atoms with E-state index in [1.807, 2.05) is 6.92 Å². The van der Waals surface area contributed by atoms with Gasteiger partial charge in [-0.25, -0.2) is 0 Å². The molecule has 0 amide bonds. The smallest absolute Gasteiger partial charge is 0.242 e. The minimum Gasteiger partial charge on any atom is -0.295 e. The van der Waals surface area contributed by atoms with Crippen LogP contribution in [0.25, 0.3) is 0 Å². The van der Waals surface area contributed by atoms with Crippen molar-refractivity contribution in [2.24, 2.45) is 0 Å². The van der Waals surface area contributed by atoms with Gasteiger partial charge >= 0.3 is 0 Å². The van der Waals surface area contributed by atoms with E-state index in [0.29, 0.717) is 0 Å². The van der Waals surface area contributed by atoms with Crippen molar-refractivity contribution in [1.29, 1.82) is 0 Å². The Labute approximate surface area is 168 Å². The Morgan fingerprint density at radius 3 is 1.59 bits per heavy atom. The van der Waals surface area contributed by atoms with Gasteiger partial charge in [0, 0.05) is 19.5 Å². The number of hydrogen-bond acceptors (Lipinski definition) is 4. The van der Waals surface area contributed by atoms with E-state index in [-0.39, 0.29) is 5.85 Å². The van der Waals surface area contributed by atoms with Crippen molar-refractivity contribution in [3.8, 4) is 0 Å². The lowest BCUT2D eigenvalue weighted by Gasteiger charge is -2.21. The largest absolute Gasteiger partial charge is 0.295 e. The summed E-state index contributed by atoms with van der Waals surface area (Å²) in [5.41, 5.74) is 0. The SMILES string of the molecule is CCCCCCCCCCCCCCCCCCC12ON1CCN2OCC.